The second-order valence-corrected chi connectivity index (χ2v) is 5.17. The van der Waals surface area contributed by atoms with Crippen molar-refractivity contribution in [1.29, 1.82) is 0 Å². The molecule has 0 saturated heterocycles. The van der Waals surface area contributed by atoms with E-state index in [9.17, 15) is 14.4 Å². The number of benzene rings is 1. The zero-order valence-corrected chi connectivity index (χ0v) is 13.0. The summed E-state index contributed by atoms with van der Waals surface area (Å²) in [5.41, 5.74) is 2.59. The topological polar surface area (TPSA) is 104 Å². The number of hydrogen-bond acceptors (Lipinski definition) is 4. The summed E-state index contributed by atoms with van der Waals surface area (Å²) in [5.74, 6) is -0.632. The molecule has 0 unspecified atom stereocenters. The number of rotatable bonds is 5. The van der Waals surface area contributed by atoms with Gasteiger partial charge in [0.2, 0.25) is 5.91 Å². The van der Waals surface area contributed by atoms with Gasteiger partial charge in [-0.2, -0.15) is 0 Å². The van der Waals surface area contributed by atoms with Crippen LogP contribution in [0.1, 0.15) is 28.0 Å². The minimum absolute atomic E-state index is 0.0967. The van der Waals surface area contributed by atoms with Gasteiger partial charge < -0.3 is 15.6 Å². The van der Waals surface area contributed by atoms with Gasteiger partial charge in [0, 0.05) is 24.8 Å². The highest BCUT2D eigenvalue weighted by Gasteiger charge is 2.09. The molecule has 1 heterocycles. The first-order valence-corrected chi connectivity index (χ1v) is 7.16. The fourth-order valence-electron chi connectivity index (χ4n) is 2.01. The van der Waals surface area contributed by atoms with E-state index in [1.54, 1.807) is 0 Å². The Balaban J connectivity index is 1.81. The predicted molar refractivity (Wildman–Crippen MR) is 86.4 cm³/mol. The smallest absolute Gasteiger partial charge is 0.271 e. The molecule has 1 aromatic heterocycles. The average molecular weight is 314 g/mol. The zero-order chi connectivity index (χ0) is 16.8. The third kappa shape index (κ3) is 4.77. The maximum atomic E-state index is 11.9. The summed E-state index contributed by atoms with van der Waals surface area (Å²) < 4.78 is 0. The second-order valence-electron chi connectivity index (χ2n) is 5.17. The lowest BCUT2D eigenvalue weighted by Crippen LogP contribution is -2.29. The van der Waals surface area contributed by atoms with Gasteiger partial charge in [-0.1, -0.05) is 17.7 Å². The van der Waals surface area contributed by atoms with Crippen molar-refractivity contribution in [1.82, 2.24) is 15.3 Å². The summed E-state index contributed by atoms with van der Waals surface area (Å²) in [5, 5.41) is 5.38. The summed E-state index contributed by atoms with van der Waals surface area (Å²) in [7, 11) is 0. The summed E-state index contributed by atoms with van der Waals surface area (Å²) in [4.78, 5) is 40.6. The lowest BCUT2D eigenvalue weighted by molar-refractivity contribution is -0.116. The Bertz CT molecular complexity index is 763. The van der Waals surface area contributed by atoms with Gasteiger partial charge in [0.1, 0.15) is 5.69 Å². The first-order chi connectivity index (χ1) is 11.0. The lowest BCUT2D eigenvalue weighted by atomic mass is 10.1. The number of aromatic amines is 1. The van der Waals surface area contributed by atoms with Crippen LogP contribution in [-0.4, -0.2) is 28.3 Å². The molecule has 0 aliphatic rings. The number of carbonyl (C=O) groups is 2. The van der Waals surface area contributed by atoms with Crippen molar-refractivity contribution in [3.63, 3.8) is 0 Å². The van der Waals surface area contributed by atoms with Crippen molar-refractivity contribution >= 4 is 17.5 Å². The number of aromatic nitrogens is 2. The van der Waals surface area contributed by atoms with Crippen LogP contribution in [0, 0.1) is 13.8 Å². The van der Waals surface area contributed by atoms with Crippen molar-refractivity contribution in [2.45, 2.75) is 20.3 Å². The molecular formula is C16H18N4O3. The van der Waals surface area contributed by atoms with Crippen molar-refractivity contribution < 1.29 is 9.59 Å². The predicted octanol–water partition coefficient (Wildman–Crippen LogP) is 1.15. The van der Waals surface area contributed by atoms with Gasteiger partial charge in [-0.05, 0) is 25.5 Å². The van der Waals surface area contributed by atoms with Crippen LogP contribution in [0.2, 0.25) is 0 Å². The first kappa shape index (κ1) is 16.4. The molecule has 0 fully saturated rings. The molecule has 7 nitrogen and oxygen atoms in total. The Labute approximate surface area is 133 Å². The zero-order valence-electron chi connectivity index (χ0n) is 13.0. The van der Waals surface area contributed by atoms with Crippen LogP contribution in [0.5, 0.6) is 0 Å². The Morgan fingerprint density at radius 3 is 2.70 bits per heavy atom. The van der Waals surface area contributed by atoms with Crippen molar-refractivity contribution in [2.24, 2.45) is 0 Å². The van der Waals surface area contributed by atoms with Gasteiger partial charge >= 0.3 is 0 Å². The van der Waals surface area contributed by atoms with Crippen molar-refractivity contribution in [2.75, 3.05) is 11.9 Å². The lowest BCUT2D eigenvalue weighted by Gasteiger charge is -2.09. The normalized spacial score (nSPS) is 10.2. The monoisotopic (exact) mass is 314 g/mol. The molecule has 0 aliphatic carbocycles. The third-order valence-corrected chi connectivity index (χ3v) is 3.20. The maximum absolute atomic E-state index is 11.9. The van der Waals surface area contributed by atoms with Gasteiger partial charge in [-0.3, -0.25) is 14.4 Å². The Morgan fingerprint density at radius 1 is 1.26 bits per heavy atom. The van der Waals surface area contributed by atoms with Crippen LogP contribution < -0.4 is 16.2 Å². The molecule has 0 radical (unpaired) electrons. The van der Waals surface area contributed by atoms with Crippen LogP contribution in [0.3, 0.4) is 0 Å². The molecule has 1 aromatic carbocycles. The van der Waals surface area contributed by atoms with E-state index in [0.29, 0.717) is 0 Å². The number of aryl methyl sites for hydroxylation is 2. The number of H-pyrrole nitrogens is 1. The van der Waals surface area contributed by atoms with E-state index in [-0.39, 0.29) is 30.1 Å². The molecule has 0 atom stereocenters. The first-order valence-electron chi connectivity index (χ1n) is 7.16. The molecule has 7 heteroatoms. The van der Waals surface area contributed by atoms with E-state index in [4.69, 9.17) is 0 Å². The molecule has 23 heavy (non-hydrogen) atoms. The van der Waals surface area contributed by atoms with E-state index in [0.717, 1.165) is 23.0 Å². The SMILES string of the molecule is Cc1ccc(NC(=O)CCNC(=O)c2c[nH]c(=O)cn2)c(C)c1. The van der Waals surface area contributed by atoms with E-state index in [1.165, 1.54) is 6.20 Å². The van der Waals surface area contributed by atoms with E-state index >= 15 is 0 Å². The molecule has 0 spiro atoms. The van der Waals surface area contributed by atoms with Gasteiger partial charge in [-0.15, -0.1) is 0 Å². The molecule has 3 N–H and O–H groups in total. The Morgan fingerprint density at radius 2 is 2.04 bits per heavy atom. The van der Waals surface area contributed by atoms with Gasteiger partial charge in [0.05, 0.1) is 6.20 Å². The van der Waals surface area contributed by atoms with Crippen LogP contribution in [-0.2, 0) is 4.79 Å². The minimum Gasteiger partial charge on any atom is -0.350 e. The summed E-state index contributed by atoms with van der Waals surface area (Å²) >= 11 is 0. The fourth-order valence-corrected chi connectivity index (χ4v) is 2.01. The number of carbonyl (C=O) groups excluding carboxylic acids is 2. The Hall–Kier alpha value is -2.96. The van der Waals surface area contributed by atoms with Gasteiger partial charge in [0.15, 0.2) is 0 Å². The molecule has 120 valence electrons. The number of hydrogen-bond donors (Lipinski definition) is 3. The molecule has 0 aliphatic heterocycles. The molecule has 0 saturated carbocycles. The fraction of sp³-hybridized carbons (Fsp3) is 0.250. The summed E-state index contributed by atoms with van der Waals surface area (Å²) in [6, 6.07) is 5.76. The molecule has 0 bridgehead atoms. The largest absolute Gasteiger partial charge is 0.350 e. The maximum Gasteiger partial charge on any atom is 0.271 e. The van der Waals surface area contributed by atoms with Gasteiger partial charge in [0.25, 0.3) is 11.5 Å². The Kier molecular flexibility index (Phi) is 5.24. The highest BCUT2D eigenvalue weighted by molar-refractivity contribution is 5.94. The van der Waals surface area contributed by atoms with E-state index < -0.39 is 5.91 Å². The second kappa shape index (κ2) is 7.35. The van der Waals surface area contributed by atoms with E-state index in [2.05, 4.69) is 20.6 Å². The number of amides is 2. The minimum atomic E-state index is -0.444. The molecule has 2 aromatic rings. The average Bonchev–Trinajstić information content (AvgIpc) is 2.50. The third-order valence-electron chi connectivity index (χ3n) is 3.20. The standard InChI is InChI=1S/C16H18N4O3/c1-10-3-4-12(11(2)7-10)20-14(21)5-6-17-16(23)13-8-19-15(22)9-18-13/h3-4,7-9H,5-6H2,1-2H3,(H,17,23)(H,19,22)(H,20,21). The van der Waals surface area contributed by atoms with Crippen LogP contribution in [0.4, 0.5) is 5.69 Å². The summed E-state index contributed by atoms with van der Waals surface area (Å²) in [6.07, 6.45) is 2.40. The molecule has 2 rings (SSSR count). The van der Waals surface area contributed by atoms with Crippen LogP contribution in [0.25, 0.3) is 0 Å². The number of nitrogens with one attached hydrogen (secondary N) is 3. The van der Waals surface area contributed by atoms with Gasteiger partial charge in [-0.25, -0.2) is 4.98 Å². The number of anilines is 1. The molecular weight excluding hydrogens is 296 g/mol. The summed E-state index contributed by atoms with van der Waals surface area (Å²) in [6.45, 7) is 4.08. The van der Waals surface area contributed by atoms with Crippen molar-refractivity contribution in [3.8, 4) is 0 Å². The highest BCUT2D eigenvalue weighted by atomic mass is 16.2. The highest BCUT2D eigenvalue weighted by Crippen LogP contribution is 2.15. The van der Waals surface area contributed by atoms with E-state index in [1.807, 2.05) is 32.0 Å². The quantitative estimate of drug-likeness (QED) is 0.770. The van der Waals surface area contributed by atoms with Crippen molar-refractivity contribution in [3.05, 3.63) is 57.8 Å². The van der Waals surface area contributed by atoms with Crippen LogP contribution in [0.15, 0.2) is 35.4 Å². The number of nitrogens with zero attached hydrogens (tertiary/aromatic N) is 1. The molecule has 2 amide bonds. The van der Waals surface area contributed by atoms with Crippen LogP contribution >= 0.6 is 0 Å².